The van der Waals surface area contributed by atoms with Crippen LogP contribution in [0.2, 0.25) is 0 Å². The molecule has 0 atom stereocenters. The zero-order valence-corrected chi connectivity index (χ0v) is 16.3. The largest absolute Gasteiger partial charge is 0.395 e. The van der Waals surface area contributed by atoms with E-state index in [1.165, 1.54) is 0 Å². The van der Waals surface area contributed by atoms with E-state index >= 15 is 0 Å². The van der Waals surface area contributed by atoms with Crippen LogP contribution in [0, 0.1) is 0 Å². The maximum atomic E-state index is 13.1. The number of aromatic amines is 1. The predicted octanol–water partition coefficient (Wildman–Crippen LogP) is 1.53. The van der Waals surface area contributed by atoms with Gasteiger partial charge in [-0.25, -0.2) is 4.79 Å². The van der Waals surface area contributed by atoms with Crippen LogP contribution in [0.1, 0.15) is 15.9 Å². The van der Waals surface area contributed by atoms with Gasteiger partial charge in [-0.2, -0.15) is 0 Å². The second-order valence-corrected chi connectivity index (χ2v) is 7.05. The van der Waals surface area contributed by atoms with Crippen molar-refractivity contribution in [3.63, 3.8) is 0 Å². The first kappa shape index (κ1) is 19.9. The number of amides is 1. The summed E-state index contributed by atoms with van der Waals surface area (Å²) in [5.74, 6) is -0.174. The number of aliphatic hydroxyl groups is 1. The van der Waals surface area contributed by atoms with Crippen molar-refractivity contribution in [1.82, 2.24) is 19.4 Å². The fourth-order valence-electron chi connectivity index (χ4n) is 3.17. The van der Waals surface area contributed by atoms with Crippen molar-refractivity contribution in [2.24, 2.45) is 0 Å². The van der Waals surface area contributed by atoms with Crippen LogP contribution in [0.4, 0.5) is 0 Å². The van der Waals surface area contributed by atoms with Gasteiger partial charge in [-0.05, 0) is 37.9 Å². The molecule has 7 heteroatoms. The van der Waals surface area contributed by atoms with Crippen molar-refractivity contribution in [3.05, 3.63) is 70.1 Å². The second kappa shape index (κ2) is 8.86. The molecule has 0 aliphatic heterocycles. The van der Waals surface area contributed by atoms with E-state index in [9.17, 15) is 14.7 Å². The molecule has 1 aromatic heterocycles. The number of rotatable bonds is 8. The first-order valence-corrected chi connectivity index (χ1v) is 9.31. The van der Waals surface area contributed by atoms with E-state index in [1.54, 1.807) is 27.7 Å². The monoisotopic (exact) mass is 382 g/mol. The highest BCUT2D eigenvalue weighted by Crippen LogP contribution is 2.16. The van der Waals surface area contributed by atoms with Gasteiger partial charge in [-0.3, -0.25) is 9.36 Å². The Bertz CT molecular complexity index is 992. The van der Waals surface area contributed by atoms with Gasteiger partial charge in [0.2, 0.25) is 0 Å². The molecule has 2 N–H and O–H groups in total. The molecular formula is C21H26N4O3. The number of fused-ring (bicyclic) bond motifs is 1. The summed E-state index contributed by atoms with van der Waals surface area (Å²) in [6.07, 6.45) is 0. The van der Waals surface area contributed by atoms with Crippen molar-refractivity contribution in [3.8, 4) is 0 Å². The van der Waals surface area contributed by atoms with Gasteiger partial charge >= 0.3 is 5.69 Å². The van der Waals surface area contributed by atoms with Crippen LogP contribution >= 0.6 is 0 Å². The first-order chi connectivity index (χ1) is 13.5. The molecule has 0 aliphatic carbocycles. The van der Waals surface area contributed by atoms with Crippen molar-refractivity contribution in [2.75, 3.05) is 33.8 Å². The van der Waals surface area contributed by atoms with Gasteiger partial charge in [-0.15, -0.1) is 0 Å². The molecule has 3 rings (SSSR count). The lowest BCUT2D eigenvalue weighted by molar-refractivity contribution is 0.0708. The summed E-state index contributed by atoms with van der Waals surface area (Å²) in [4.78, 5) is 31.8. The summed E-state index contributed by atoms with van der Waals surface area (Å²) in [5.41, 5.74) is 2.72. The van der Waals surface area contributed by atoms with E-state index in [0.717, 1.165) is 12.1 Å². The Labute approximate surface area is 163 Å². The first-order valence-electron chi connectivity index (χ1n) is 9.31. The minimum Gasteiger partial charge on any atom is -0.395 e. The third kappa shape index (κ3) is 4.49. The number of nitrogens with one attached hydrogen (secondary N) is 1. The van der Waals surface area contributed by atoms with Gasteiger partial charge in [0.25, 0.3) is 5.91 Å². The SMILES string of the molecule is CN(C)CCn1c(=O)[nH]c2ccc(C(=O)N(CCO)Cc3ccccc3)cc21. The number of benzene rings is 2. The van der Waals surface area contributed by atoms with Gasteiger partial charge in [0.05, 0.1) is 17.6 Å². The molecule has 0 unspecified atom stereocenters. The van der Waals surface area contributed by atoms with Crippen LogP contribution in [0.25, 0.3) is 11.0 Å². The smallest absolute Gasteiger partial charge is 0.326 e. The Kier molecular flexibility index (Phi) is 6.28. The van der Waals surface area contributed by atoms with E-state index in [4.69, 9.17) is 0 Å². The molecule has 1 heterocycles. The summed E-state index contributed by atoms with van der Waals surface area (Å²) in [6, 6.07) is 14.9. The molecule has 0 aliphatic rings. The second-order valence-electron chi connectivity index (χ2n) is 7.05. The van der Waals surface area contributed by atoms with Gasteiger partial charge in [0.15, 0.2) is 0 Å². The van der Waals surface area contributed by atoms with Crippen LogP contribution in [-0.4, -0.2) is 64.2 Å². The predicted molar refractivity (Wildman–Crippen MR) is 109 cm³/mol. The van der Waals surface area contributed by atoms with E-state index < -0.39 is 0 Å². The van der Waals surface area contributed by atoms with E-state index in [2.05, 4.69) is 4.98 Å². The zero-order valence-electron chi connectivity index (χ0n) is 16.3. The van der Waals surface area contributed by atoms with Crippen molar-refractivity contribution in [2.45, 2.75) is 13.1 Å². The Balaban J connectivity index is 1.90. The molecule has 148 valence electrons. The van der Waals surface area contributed by atoms with E-state index in [0.29, 0.717) is 29.7 Å². The minimum atomic E-state index is -0.182. The summed E-state index contributed by atoms with van der Waals surface area (Å²) in [5, 5.41) is 9.40. The lowest BCUT2D eigenvalue weighted by atomic mass is 10.1. The third-order valence-corrected chi connectivity index (χ3v) is 4.67. The normalized spacial score (nSPS) is 11.3. The number of nitrogens with zero attached hydrogens (tertiary/aromatic N) is 3. The number of carbonyl (C=O) groups is 1. The standard InChI is InChI=1S/C21H26N4O3/c1-23(2)10-11-25-19-14-17(8-9-18(19)22-21(25)28)20(27)24(12-13-26)15-16-6-4-3-5-7-16/h3-9,14,26H,10-13,15H2,1-2H3,(H,22,28). The van der Waals surface area contributed by atoms with E-state index in [-0.39, 0.29) is 24.7 Å². The molecule has 1 amide bonds. The molecule has 3 aromatic rings. The fraction of sp³-hybridized carbons (Fsp3) is 0.333. The molecular weight excluding hydrogens is 356 g/mol. The van der Waals surface area contributed by atoms with Crippen molar-refractivity contribution < 1.29 is 9.90 Å². The number of imidazole rings is 1. The molecule has 0 saturated heterocycles. The topological polar surface area (TPSA) is 81.6 Å². The highest BCUT2D eigenvalue weighted by Gasteiger charge is 2.18. The van der Waals surface area contributed by atoms with Gasteiger partial charge in [0, 0.05) is 31.7 Å². The van der Waals surface area contributed by atoms with Crippen molar-refractivity contribution >= 4 is 16.9 Å². The highest BCUT2D eigenvalue weighted by molar-refractivity contribution is 5.97. The van der Waals surface area contributed by atoms with E-state index in [1.807, 2.05) is 49.3 Å². The van der Waals surface area contributed by atoms with Gasteiger partial charge < -0.3 is 19.9 Å². The number of likely N-dealkylation sites (N-methyl/N-ethyl adjacent to an activating group) is 1. The highest BCUT2D eigenvalue weighted by atomic mass is 16.3. The summed E-state index contributed by atoms with van der Waals surface area (Å²) >= 11 is 0. The average molecular weight is 382 g/mol. The zero-order chi connectivity index (χ0) is 20.1. The minimum absolute atomic E-state index is 0.113. The quantitative estimate of drug-likeness (QED) is 0.619. The summed E-state index contributed by atoms with van der Waals surface area (Å²) in [7, 11) is 3.90. The molecule has 28 heavy (non-hydrogen) atoms. The Morgan fingerprint density at radius 2 is 1.86 bits per heavy atom. The number of hydrogen-bond acceptors (Lipinski definition) is 4. The molecule has 0 bridgehead atoms. The number of H-pyrrole nitrogens is 1. The molecule has 0 spiro atoms. The van der Waals surface area contributed by atoms with Crippen LogP contribution < -0.4 is 5.69 Å². The Hall–Kier alpha value is -2.90. The number of aromatic nitrogens is 2. The Morgan fingerprint density at radius 3 is 2.54 bits per heavy atom. The number of carbonyl (C=O) groups excluding carboxylic acids is 1. The summed E-state index contributed by atoms with van der Waals surface area (Å²) in [6.45, 7) is 1.80. The van der Waals surface area contributed by atoms with Crippen molar-refractivity contribution in [1.29, 1.82) is 0 Å². The van der Waals surface area contributed by atoms with Crippen LogP contribution in [0.15, 0.2) is 53.3 Å². The summed E-state index contributed by atoms with van der Waals surface area (Å²) < 4.78 is 1.65. The number of hydrogen-bond donors (Lipinski definition) is 2. The lowest BCUT2D eigenvalue weighted by Gasteiger charge is -2.22. The van der Waals surface area contributed by atoms with Crippen LogP contribution in [-0.2, 0) is 13.1 Å². The lowest BCUT2D eigenvalue weighted by Crippen LogP contribution is -2.33. The van der Waals surface area contributed by atoms with Gasteiger partial charge in [0.1, 0.15) is 0 Å². The maximum absolute atomic E-state index is 13.1. The molecule has 0 saturated carbocycles. The molecule has 0 fully saturated rings. The van der Waals surface area contributed by atoms with Crippen LogP contribution in [0.5, 0.6) is 0 Å². The average Bonchev–Trinajstić information content (AvgIpc) is 3.00. The third-order valence-electron chi connectivity index (χ3n) is 4.67. The fourth-order valence-corrected chi connectivity index (χ4v) is 3.17. The van der Waals surface area contributed by atoms with Crippen LogP contribution in [0.3, 0.4) is 0 Å². The van der Waals surface area contributed by atoms with Gasteiger partial charge in [-0.1, -0.05) is 30.3 Å². The molecule has 0 radical (unpaired) electrons. The molecule has 2 aromatic carbocycles. The Morgan fingerprint density at radius 1 is 1.11 bits per heavy atom. The molecule has 7 nitrogen and oxygen atoms in total. The maximum Gasteiger partial charge on any atom is 0.326 e. The number of aliphatic hydroxyl groups excluding tert-OH is 1.